The fourth-order valence-electron chi connectivity index (χ4n) is 0.968. The van der Waals surface area contributed by atoms with Crippen LogP contribution in [-0.4, -0.2) is 4.98 Å². The van der Waals surface area contributed by atoms with Gasteiger partial charge in [-0.1, -0.05) is 0 Å². The molecule has 0 saturated carbocycles. The second-order valence-corrected chi connectivity index (χ2v) is 5.26. The Bertz CT molecular complexity index is 432. The van der Waals surface area contributed by atoms with Crippen molar-refractivity contribution in [2.24, 2.45) is 5.73 Å². The van der Waals surface area contributed by atoms with Gasteiger partial charge in [-0.25, -0.2) is 4.98 Å². The van der Waals surface area contributed by atoms with Crippen LogP contribution in [0, 0.1) is 0 Å². The molecule has 2 rings (SSSR count). The number of halogens is 2. The molecule has 0 spiro atoms. The number of nitrogens with zero attached hydrogens (tertiary/aromatic N) is 1. The van der Waals surface area contributed by atoms with E-state index in [2.05, 4.69) is 36.8 Å². The molecule has 14 heavy (non-hydrogen) atoms. The summed E-state index contributed by atoms with van der Waals surface area (Å²) >= 11 is 8.16. The van der Waals surface area contributed by atoms with Crippen molar-refractivity contribution >= 4 is 43.2 Å². The smallest absolute Gasteiger partial charge is 0.184 e. The van der Waals surface area contributed by atoms with Gasteiger partial charge in [-0.3, -0.25) is 0 Å². The molecule has 2 aromatic rings. The Hall–Kier alpha value is -0.170. The van der Waals surface area contributed by atoms with Crippen molar-refractivity contribution in [3.63, 3.8) is 0 Å². The zero-order valence-corrected chi connectivity index (χ0v) is 10.9. The van der Waals surface area contributed by atoms with Gasteiger partial charge in [0.1, 0.15) is 0 Å². The molecule has 2 aromatic heterocycles. The summed E-state index contributed by atoms with van der Waals surface area (Å²) in [5.74, 6) is 0.744. The van der Waals surface area contributed by atoms with E-state index in [1.54, 1.807) is 6.20 Å². The van der Waals surface area contributed by atoms with E-state index < -0.39 is 0 Å². The van der Waals surface area contributed by atoms with Crippen molar-refractivity contribution in [3.8, 4) is 10.8 Å². The van der Waals surface area contributed by atoms with E-state index in [1.807, 2.05) is 6.07 Å². The molecule has 74 valence electrons. The van der Waals surface area contributed by atoms with E-state index in [9.17, 15) is 0 Å². The van der Waals surface area contributed by atoms with E-state index in [0.29, 0.717) is 11.2 Å². The quantitative estimate of drug-likeness (QED) is 0.913. The Balaban J connectivity index is 2.39. The second kappa shape index (κ2) is 4.14. The topological polar surface area (TPSA) is 52.0 Å². The number of hydrogen-bond donors (Lipinski definition) is 1. The first-order valence-electron chi connectivity index (χ1n) is 3.80. The summed E-state index contributed by atoms with van der Waals surface area (Å²) in [5, 5.41) is 0.844. The third-order valence-electron chi connectivity index (χ3n) is 1.61. The minimum absolute atomic E-state index is 0.515. The molecule has 0 amide bonds. The highest BCUT2D eigenvalue weighted by Gasteiger charge is 2.11. The van der Waals surface area contributed by atoms with Gasteiger partial charge in [0.05, 0.1) is 4.47 Å². The van der Waals surface area contributed by atoms with E-state index in [1.165, 1.54) is 11.3 Å². The third kappa shape index (κ3) is 1.93. The van der Waals surface area contributed by atoms with Crippen LogP contribution >= 0.6 is 43.2 Å². The summed E-state index contributed by atoms with van der Waals surface area (Å²) in [4.78, 5) is 5.26. The largest absolute Gasteiger partial charge is 0.446 e. The number of rotatable bonds is 2. The molecule has 0 saturated heterocycles. The molecular formula is C8H6Br2N2OS. The van der Waals surface area contributed by atoms with Crippen LogP contribution in [0.15, 0.2) is 25.8 Å². The molecule has 0 atom stereocenters. The highest BCUT2D eigenvalue weighted by Crippen LogP contribution is 2.34. The molecule has 0 aliphatic rings. The van der Waals surface area contributed by atoms with Crippen molar-refractivity contribution < 1.29 is 4.42 Å². The Kier molecular flexibility index (Phi) is 3.06. The van der Waals surface area contributed by atoms with Crippen LogP contribution in [0.2, 0.25) is 0 Å². The molecule has 0 unspecified atom stereocenters. The molecule has 6 heteroatoms. The van der Waals surface area contributed by atoms with Gasteiger partial charge in [-0.15, -0.1) is 11.3 Å². The van der Waals surface area contributed by atoms with Crippen molar-refractivity contribution in [1.82, 2.24) is 4.98 Å². The van der Waals surface area contributed by atoms with Crippen molar-refractivity contribution in [2.75, 3.05) is 0 Å². The van der Waals surface area contributed by atoms with Gasteiger partial charge >= 0.3 is 0 Å². The Morgan fingerprint density at radius 3 is 2.79 bits per heavy atom. The first-order chi connectivity index (χ1) is 6.70. The zero-order chi connectivity index (χ0) is 10.1. The molecule has 0 bridgehead atoms. The maximum atomic E-state index is 5.50. The highest BCUT2D eigenvalue weighted by molar-refractivity contribution is 9.13. The van der Waals surface area contributed by atoms with Crippen LogP contribution in [0.25, 0.3) is 10.8 Å². The van der Waals surface area contributed by atoms with Gasteiger partial charge in [0.15, 0.2) is 15.4 Å². The summed E-state index contributed by atoms with van der Waals surface area (Å²) in [5.41, 5.74) is 5.50. The van der Waals surface area contributed by atoms with E-state index in [-0.39, 0.29) is 0 Å². The standard InChI is InChI=1S/C8H6Br2N2OS/c9-5-1-6(13-7(5)10)8-12-3-4(2-11)14-8/h1,3H,2,11H2. The monoisotopic (exact) mass is 336 g/mol. The third-order valence-corrected chi connectivity index (χ3v) is 4.36. The maximum absolute atomic E-state index is 5.50. The fourth-order valence-corrected chi connectivity index (χ4v) is 2.29. The van der Waals surface area contributed by atoms with E-state index >= 15 is 0 Å². The molecule has 0 aromatic carbocycles. The summed E-state index contributed by atoms with van der Waals surface area (Å²) in [7, 11) is 0. The number of nitrogens with two attached hydrogens (primary N) is 1. The van der Waals surface area contributed by atoms with Gasteiger partial charge < -0.3 is 10.2 Å². The highest BCUT2D eigenvalue weighted by atomic mass is 79.9. The molecule has 0 radical (unpaired) electrons. The molecular weight excluding hydrogens is 332 g/mol. The van der Waals surface area contributed by atoms with Crippen molar-refractivity contribution in [2.45, 2.75) is 6.54 Å². The Morgan fingerprint density at radius 1 is 1.50 bits per heavy atom. The minimum Gasteiger partial charge on any atom is -0.446 e. The van der Waals surface area contributed by atoms with Crippen LogP contribution in [0.5, 0.6) is 0 Å². The summed E-state index contributed by atoms with van der Waals surface area (Å²) in [6.45, 7) is 0.515. The van der Waals surface area contributed by atoms with Crippen LogP contribution in [0.1, 0.15) is 4.88 Å². The van der Waals surface area contributed by atoms with Crippen LogP contribution in [-0.2, 0) is 6.54 Å². The van der Waals surface area contributed by atoms with Gasteiger partial charge in [0.2, 0.25) is 0 Å². The SMILES string of the molecule is NCc1cnc(-c2cc(Br)c(Br)o2)s1. The number of thiazole rings is 1. The predicted molar refractivity (Wildman–Crippen MR) is 63.1 cm³/mol. The summed E-state index contributed by atoms with van der Waals surface area (Å²) in [6.07, 6.45) is 1.77. The van der Waals surface area contributed by atoms with Gasteiger partial charge in [-0.05, 0) is 31.9 Å². The predicted octanol–water partition coefficient (Wildman–Crippen LogP) is 3.39. The zero-order valence-electron chi connectivity index (χ0n) is 6.96. The lowest BCUT2D eigenvalue weighted by Gasteiger charge is -1.86. The van der Waals surface area contributed by atoms with Crippen LogP contribution in [0.3, 0.4) is 0 Å². The van der Waals surface area contributed by atoms with Crippen LogP contribution in [0.4, 0.5) is 0 Å². The van der Waals surface area contributed by atoms with E-state index in [0.717, 1.165) is 20.1 Å². The average Bonchev–Trinajstić information content (AvgIpc) is 2.74. The van der Waals surface area contributed by atoms with Crippen molar-refractivity contribution in [1.29, 1.82) is 0 Å². The molecule has 2 heterocycles. The lowest BCUT2D eigenvalue weighted by Crippen LogP contribution is -1.91. The number of furan rings is 1. The molecule has 0 fully saturated rings. The average molecular weight is 338 g/mol. The van der Waals surface area contributed by atoms with Crippen molar-refractivity contribution in [3.05, 3.63) is 26.3 Å². The second-order valence-electron chi connectivity index (χ2n) is 2.57. The summed E-state index contributed by atoms with van der Waals surface area (Å²) in [6, 6.07) is 1.88. The Morgan fingerprint density at radius 2 is 2.29 bits per heavy atom. The number of aromatic nitrogens is 1. The minimum atomic E-state index is 0.515. The molecule has 3 nitrogen and oxygen atoms in total. The van der Waals surface area contributed by atoms with Gasteiger partial charge in [0.25, 0.3) is 0 Å². The van der Waals surface area contributed by atoms with Crippen LogP contribution < -0.4 is 5.73 Å². The Labute approximate surface area is 102 Å². The first-order valence-corrected chi connectivity index (χ1v) is 6.21. The lowest BCUT2D eigenvalue weighted by atomic mass is 10.5. The molecule has 2 N–H and O–H groups in total. The first kappa shape index (κ1) is 10.4. The van der Waals surface area contributed by atoms with Gasteiger partial charge in [0, 0.05) is 23.7 Å². The van der Waals surface area contributed by atoms with Gasteiger partial charge in [-0.2, -0.15) is 0 Å². The maximum Gasteiger partial charge on any atom is 0.184 e. The molecule has 0 aliphatic carbocycles. The fraction of sp³-hybridized carbons (Fsp3) is 0.125. The lowest BCUT2D eigenvalue weighted by molar-refractivity contribution is 0.553. The molecule has 0 aliphatic heterocycles. The summed E-state index contributed by atoms with van der Waals surface area (Å²) < 4.78 is 7.00. The normalized spacial score (nSPS) is 10.8. The number of hydrogen-bond acceptors (Lipinski definition) is 4. The van der Waals surface area contributed by atoms with E-state index in [4.69, 9.17) is 10.2 Å².